The summed E-state index contributed by atoms with van der Waals surface area (Å²) in [6.45, 7) is 0.658. The van der Waals surface area contributed by atoms with Crippen LogP contribution in [0.5, 0.6) is 0 Å². The van der Waals surface area contributed by atoms with E-state index in [4.69, 9.17) is 11.6 Å². The van der Waals surface area contributed by atoms with Gasteiger partial charge in [-0.05, 0) is 23.1 Å². The van der Waals surface area contributed by atoms with Gasteiger partial charge in [0, 0.05) is 22.5 Å². The van der Waals surface area contributed by atoms with E-state index >= 15 is 0 Å². The standard InChI is InChI=1S/C13H12ClNS/c14-13-6-2-1-4-11(13)10-15-8-7-12-5-3-9-16-12/h1-6,8-9H,7,10H2. The van der Waals surface area contributed by atoms with Crippen LogP contribution in [0.1, 0.15) is 10.4 Å². The van der Waals surface area contributed by atoms with E-state index in [1.54, 1.807) is 11.3 Å². The molecule has 0 amide bonds. The van der Waals surface area contributed by atoms with Gasteiger partial charge >= 0.3 is 0 Å². The summed E-state index contributed by atoms with van der Waals surface area (Å²) in [6.07, 6.45) is 2.86. The minimum Gasteiger partial charge on any atom is -0.292 e. The molecular formula is C13H12ClNS. The number of thiophene rings is 1. The fraction of sp³-hybridized carbons (Fsp3) is 0.154. The molecule has 0 unspecified atom stereocenters. The maximum absolute atomic E-state index is 6.03. The quantitative estimate of drug-likeness (QED) is 0.720. The third-order valence-corrected chi connectivity index (χ3v) is 3.49. The van der Waals surface area contributed by atoms with Gasteiger partial charge in [0.05, 0.1) is 6.54 Å². The van der Waals surface area contributed by atoms with Crippen LogP contribution >= 0.6 is 22.9 Å². The number of benzene rings is 1. The van der Waals surface area contributed by atoms with Crippen molar-refractivity contribution in [2.24, 2.45) is 4.99 Å². The molecule has 0 spiro atoms. The van der Waals surface area contributed by atoms with Gasteiger partial charge in [-0.1, -0.05) is 35.9 Å². The average molecular weight is 250 g/mol. The fourth-order valence-electron chi connectivity index (χ4n) is 1.37. The van der Waals surface area contributed by atoms with Crippen molar-refractivity contribution in [1.29, 1.82) is 0 Å². The van der Waals surface area contributed by atoms with Gasteiger partial charge in [-0.15, -0.1) is 11.3 Å². The molecule has 1 aromatic carbocycles. The molecular weight excluding hydrogens is 238 g/mol. The maximum Gasteiger partial charge on any atom is 0.0650 e. The van der Waals surface area contributed by atoms with E-state index in [0.717, 1.165) is 17.0 Å². The molecule has 2 aromatic rings. The molecule has 16 heavy (non-hydrogen) atoms. The van der Waals surface area contributed by atoms with Crippen LogP contribution in [0.25, 0.3) is 0 Å². The first-order chi connectivity index (χ1) is 7.86. The van der Waals surface area contributed by atoms with E-state index in [2.05, 4.69) is 22.5 Å². The van der Waals surface area contributed by atoms with Crippen LogP contribution in [0.15, 0.2) is 46.8 Å². The maximum atomic E-state index is 6.03. The summed E-state index contributed by atoms with van der Waals surface area (Å²) in [6, 6.07) is 12.0. The van der Waals surface area contributed by atoms with Gasteiger partial charge in [0.15, 0.2) is 0 Å². The van der Waals surface area contributed by atoms with E-state index in [1.165, 1.54) is 4.88 Å². The molecule has 3 heteroatoms. The Morgan fingerprint density at radius 2 is 2.06 bits per heavy atom. The molecule has 1 aromatic heterocycles. The molecule has 0 aliphatic rings. The van der Waals surface area contributed by atoms with Gasteiger partial charge in [-0.2, -0.15) is 0 Å². The number of halogens is 1. The molecule has 0 radical (unpaired) electrons. The molecule has 0 atom stereocenters. The van der Waals surface area contributed by atoms with Crippen molar-refractivity contribution < 1.29 is 0 Å². The molecule has 0 fully saturated rings. The zero-order valence-corrected chi connectivity index (χ0v) is 10.3. The van der Waals surface area contributed by atoms with Gasteiger partial charge in [0.1, 0.15) is 0 Å². The summed E-state index contributed by atoms with van der Waals surface area (Å²) < 4.78 is 0. The van der Waals surface area contributed by atoms with Crippen LogP contribution in [0.4, 0.5) is 0 Å². The van der Waals surface area contributed by atoms with Crippen LogP contribution in [0.2, 0.25) is 5.02 Å². The van der Waals surface area contributed by atoms with E-state index in [0.29, 0.717) is 6.54 Å². The topological polar surface area (TPSA) is 12.4 Å². The summed E-state index contributed by atoms with van der Waals surface area (Å²) in [5, 5.41) is 2.87. The van der Waals surface area contributed by atoms with Crippen molar-refractivity contribution in [3.05, 3.63) is 57.2 Å². The molecule has 82 valence electrons. The van der Waals surface area contributed by atoms with Crippen molar-refractivity contribution in [2.45, 2.75) is 13.0 Å². The Kier molecular flexibility index (Phi) is 4.14. The lowest BCUT2D eigenvalue weighted by Gasteiger charge is -1.98. The second-order valence-electron chi connectivity index (χ2n) is 3.40. The van der Waals surface area contributed by atoms with Crippen molar-refractivity contribution in [3.8, 4) is 0 Å². The smallest absolute Gasteiger partial charge is 0.0650 e. The molecule has 2 rings (SSSR count). The Morgan fingerprint density at radius 3 is 2.81 bits per heavy atom. The van der Waals surface area contributed by atoms with E-state index in [-0.39, 0.29) is 0 Å². The molecule has 0 aliphatic heterocycles. The number of aliphatic imine (C=N–C) groups is 1. The Morgan fingerprint density at radius 1 is 1.19 bits per heavy atom. The lowest BCUT2D eigenvalue weighted by atomic mass is 10.2. The molecule has 1 nitrogen and oxygen atoms in total. The second kappa shape index (κ2) is 5.83. The van der Waals surface area contributed by atoms with Crippen molar-refractivity contribution in [2.75, 3.05) is 0 Å². The SMILES string of the molecule is Clc1ccccc1CN=CCc1cccs1. The second-order valence-corrected chi connectivity index (χ2v) is 4.84. The Hall–Kier alpha value is -1.12. The van der Waals surface area contributed by atoms with E-state index in [9.17, 15) is 0 Å². The first-order valence-corrected chi connectivity index (χ1v) is 6.36. The Balaban J connectivity index is 1.88. The normalized spacial score (nSPS) is 11.1. The monoisotopic (exact) mass is 249 g/mol. The third-order valence-electron chi connectivity index (χ3n) is 2.22. The highest BCUT2D eigenvalue weighted by Crippen LogP contribution is 2.15. The number of nitrogens with zero attached hydrogens (tertiary/aromatic N) is 1. The van der Waals surface area contributed by atoms with Crippen LogP contribution in [0, 0.1) is 0 Å². The molecule has 0 bridgehead atoms. The predicted octanol–water partition coefficient (Wildman–Crippen LogP) is 4.22. The van der Waals surface area contributed by atoms with Gasteiger partial charge in [-0.3, -0.25) is 4.99 Å². The van der Waals surface area contributed by atoms with Gasteiger partial charge in [0.25, 0.3) is 0 Å². The highest BCUT2D eigenvalue weighted by Gasteiger charge is 1.95. The van der Waals surface area contributed by atoms with Gasteiger partial charge < -0.3 is 0 Å². The fourth-order valence-corrected chi connectivity index (χ4v) is 2.23. The Labute approximate surface area is 104 Å². The molecule has 0 saturated carbocycles. The highest BCUT2D eigenvalue weighted by molar-refractivity contribution is 7.10. The largest absolute Gasteiger partial charge is 0.292 e. The molecule has 0 saturated heterocycles. The minimum atomic E-state index is 0.658. The zero-order chi connectivity index (χ0) is 11.2. The first kappa shape index (κ1) is 11.4. The summed E-state index contributed by atoms with van der Waals surface area (Å²) in [4.78, 5) is 5.71. The van der Waals surface area contributed by atoms with Crippen molar-refractivity contribution in [3.63, 3.8) is 0 Å². The van der Waals surface area contributed by atoms with Crippen LogP contribution in [-0.2, 0) is 13.0 Å². The predicted molar refractivity (Wildman–Crippen MR) is 71.7 cm³/mol. The van der Waals surface area contributed by atoms with E-state index < -0.39 is 0 Å². The number of rotatable bonds is 4. The van der Waals surface area contributed by atoms with Crippen molar-refractivity contribution in [1.82, 2.24) is 0 Å². The lowest BCUT2D eigenvalue weighted by Crippen LogP contribution is -1.85. The van der Waals surface area contributed by atoms with Crippen LogP contribution in [-0.4, -0.2) is 6.21 Å². The Bertz CT molecular complexity index is 463. The van der Waals surface area contributed by atoms with E-state index in [1.807, 2.05) is 30.5 Å². The van der Waals surface area contributed by atoms with Crippen LogP contribution in [0.3, 0.4) is 0 Å². The lowest BCUT2D eigenvalue weighted by molar-refractivity contribution is 1.07. The van der Waals surface area contributed by atoms with Crippen LogP contribution < -0.4 is 0 Å². The zero-order valence-electron chi connectivity index (χ0n) is 8.77. The summed E-state index contributed by atoms with van der Waals surface area (Å²) in [5.74, 6) is 0. The molecule has 1 heterocycles. The molecule has 0 aliphatic carbocycles. The number of hydrogen-bond acceptors (Lipinski definition) is 2. The summed E-state index contributed by atoms with van der Waals surface area (Å²) in [7, 11) is 0. The number of hydrogen-bond donors (Lipinski definition) is 0. The third kappa shape index (κ3) is 3.19. The molecule has 0 N–H and O–H groups in total. The summed E-state index contributed by atoms with van der Waals surface area (Å²) >= 11 is 7.79. The van der Waals surface area contributed by atoms with Gasteiger partial charge in [-0.25, -0.2) is 0 Å². The summed E-state index contributed by atoms with van der Waals surface area (Å²) in [5.41, 5.74) is 1.08. The van der Waals surface area contributed by atoms with Crippen molar-refractivity contribution >= 4 is 29.2 Å². The average Bonchev–Trinajstić information content (AvgIpc) is 2.79. The highest BCUT2D eigenvalue weighted by atomic mass is 35.5. The van der Waals surface area contributed by atoms with Gasteiger partial charge in [0.2, 0.25) is 0 Å². The first-order valence-electron chi connectivity index (χ1n) is 5.10. The minimum absolute atomic E-state index is 0.658.